The maximum absolute atomic E-state index is 13.7. The van der Waals surface area contributed by atoms with Crippen LogP contribution in [-0.4, -0.2) is 123 Å². The average Bonchev–Trinajstić information content (AvgIpc) is 3.39. The molecule has 11 heteroatoms. The maximum Gasteiger partial charge on any atom is 0.338 e. The molecule has 14 atom stereocenters. The molecule has 6 aliphatic rings. The monoisotopic (exact) mass is 615 g/mol. The number of hydrogen-bond donors (Lipinski definition) is 2. The number of benzene rings is 1. The summed E-state index contributed by atoms with van der Waals surface area (Å²) in [6.07, 6.45) is -2.66. The largest absolute Gasteiger partial charge is 0.455 e. The molecule has 0 aromatic heterocycles. The van der Waals surface area contributed by atoms with Crippen molar-refractivity contribution in [3.05, 3.63) is 35.9 Å². The summed E-state index contributed by atoms with van der Waals surface area (Å²) in [5.41, 5.74) is -3.93. The van der Waals surface area contributed by atoms with E-state index in [1.54, 1.807) is 45.6 Å². The molecule has 1 saturated heterocycles. The van der Waals surface area contributed by atoms with Gasteiger partial charge in [0, 0.05) is 76.5 Å². The average molecular weight is 616 g/mol. The fraction of sp³-hybridized carbons (Fsp3) is 0.758. The minimum absolute atomic E-state index is 0.103. The topological polar surface area (TPSA) is 133 Å². The molecule has 7 bridgehead atoms. The molecule has 1 unspecified atom stereocenters. The first-order chi connectivity index (χ1) is 21.0. The van der Waals surface area contributed by atoms with Crippen LogP contribution in [0.5, 0.6) is 0 Å². The van der Waals surface area contributed by atoms with Crippen LogP contribution in [0, 0.1) is 34.5 Å². The van der Waals surface area contributed by atoms with E-state index in [4.69, 9.17) is 28.4 Å². The van der Waals surface area contributed by atoms with Gasteiger partial charge in [-0.15, -0.1) is 0 Å². The van der Waals surface area contributed by atoms with E-state index >= 15 is 0 Å². The van der Waals surface area contributed by atoms with Crippen molar-refractivity contribution < 1.29 is 48.2 Å². The molecule has 1 aromatic rings. The van der Waals surface area contributed by atoms with E-state index in [-0.39, 0.29) is 35.8 Å². The SMILES string of the molecule is COC[C@@]12CC[C@H](OC)[C@]34C([C@@H]([C@H](OC)[C@H]13)[C@]1(OC(C)=O)[C@H]3[C@@H](OC(=O)c5ccccc5)[C@](O)(C[C@H]34)[C@@H](OC)[C@@H]1O)N(C)C2. The molecule has 7 rings (SSSR count). The van der Waals surface area contributed by atoms with E-state index in [1.165, 1.54) is 14.0 Å². The molecule has 1 spiro atoms. The van der Waals surface area contributed by atoms with Crippen molar-refractivity contribution in [2.45, 2.75) is 73.9 Å². The number of carbonyl (C=O) groups excluding carboxylic acids is 2. The summed E-state index contributed by atoms with van der Waals surface area (Å²) in [4.78, 5) is 29.2. The van der Waals surface area contributed by atoms with Gasteiger partial charge < -0.3 is 43.5 Å². The lowest BCUT2D eigenvalue weighted by Crippen LogP contribution is -2.80. The number of nitrogens with zero attached hydrogens (tertiary/aromatic N) is 1. The highest BCUT2D eigenvalue weighted by molar-refractivity contribution is 5.89. The Bertz CT molecular complexity index is 1310. The van der Waals surface area contributed by atoms with Crippen LogP contribution in [0.4, 0.5) is 0 Å². The number of methoxy groups -OCH3 is 4. The summed E-state index contributed by atoms with van der Waals surface area (Å²) in [7, 11) is 8.63. The van der Waals surface area contributed by atoms with E-state index in [1.807, 2.05) is 6.07 Å². The predicted molar refractivity (Wildman–Crippen MR) is 154 cm³/mol. The van der Waals surface area contributed by atoms with Crippen molar-refractivity contribution in [2.24, 2.45) is 34.5 Å². The zero-order chi connectivity index (χ0) is 31.4. The number of likely N-dealkylation sites (tertiary alicyclic amines) is 1. The Labute approximate surface area is 258 Å². The second-order valence-corrected chi connectivity index (χ2v) is 14.2. The fourth-order valence-electron chi connectivity index (χ4n) is 12.3. The van der Waals surface area contributed by atoms with Crippen molar-refractivity contribution >= 4 is 11.9 Å². The van der Waals surface area contributed by atoms with Crippen molar-refractivity contribution in [1.82, 2.24) is 4.90 Å². The lowest BCUT2D eigenvalue weighted by atomic mass is 9.43. The normalized spacial score (nSPS) is 49.9. The fourth-order valence-corrected chi connectivity index (χ4v) is 12.3. The number of fused-ring (bicyclic) bond motifs is 2. The quantitative estimate of drug-likeness (QED) is 0.410. The molecule has 11 nitrogen and oxygen atoms in total. The van der Waals surface area contributed by atoms with Crippen LogP contribution in [0.2, 0.25) is 0 Å². The van der Waals surface area contributed by atoms with Crippen LogP contribution in [-0.2, 0) is 33.2 Å². The van der Waals surface area contributed by atoms with Gasteiger partial charge in [0.1, 0.15) is 23.9 Å². The standard InChI is InChI=1S/C33H45NO10/c1-17(35)44-33-21-19(14-31(38,28(42-6)26(33)36)27(21)43-29(37)18-10-8-7-9-11-18)32-20(40-4)12-13-30(16-39-3)15-34(2)25(32)22(33)23(41-5)24(30)32/h7-11,19-28,36,38H,12-16H2,1-6H3/t19-,20+,21-,22-,23+,24-,25?,26+,27-,28+,30+,31-,32+,33-/m1/s1. The highest BCUT2D eigenvalue weighted by Gasteiger charge is 2.91. The van der Waals surface area contributed by atoms with Gasteiger partial charge in [0.15, 0.2) is 5.60 Å². The Hall–Kier alpha value is -2.12. The first-order valence-electron chi connectivity index (χ1n) is 15.7. The first-order valence-corrected chi connectivity index (χ1v) is 15.7. The third kappa shape index (κ3) is 3.41. The summed E-state index contributed by atoms with van der Waals surface area (Å²) >= 11 is 0. The number of carbonyl (C=O) groups is 2. The Kier molecular flexibility index (Phi) is 7.07. The predicted octanol–water partition coefficient (Wildman–Crippen LogP) is 1.29. The van der Waals surface area contributed by atoms with Gasteiger partial charge in [0.2, 0.25) is 0 Å². The molecule has 242 valence electrons. The van der Waals surface area contributed by atoms with E-state index in [0.29, 0.717) is 12.2 Å². The van der Waals surface area contributed by atoms with Gasteiger partial charge in [-0.25, -0.2) is 4.79 Å². The van der Waals surface area contributed by atoms with Gasteiger partial charge in [-0.3, -0.25) is 4.79 Å². The molecule has 1 aromatic carbocycles. The minimum atomic E-state index is -1.76. The Morgan fingerprint density at radius 1 is 1.02 bits per heavy atom. The second kappa shape index (κ2) is 10.2. The van der Waals surface area contributed by atoms with Crippen LogP contribution in [0.3, 0.4) is 0 Å². The van der Waals surface area contributed by atoms with Gasteiger partial charge in [-0.1, -0.05) is 18.2 Å². The van der Waals surface area contributed by atoms with Gasteiger partial charge in [-0.2, -0.15) is 0 Å². The smallest absolute Gasteiger partial charge is 0.338 e. The molecular formula is C33H45NO10. The lowest BCUT2D eigenvalue weighted by molar-refractivity contribution is -0.316. The van der Waals surface area contributed by atoms with Crippen LogP contribution in [0.25, 0.3) is 0 Å². The molecule has 5 aliphatic carbocycles. The molecule has 2 N–H and O–H groups in total. The minimum Gasteiger partial charge on any atom is -0.455 e. The van der Waals surface area contributed by atoms with Gasteiger partial charge in [0.05, 0.1) is 24.4 Å². The number of rotatable bonds is 8. The number of hydrogen-bond acceptors (Lipinski definition) is 11. The van der Waals surface area contributed by atoms with Crippen LogP contribution < -0.4 is 0 Å². The zero-order valence-corrected chi connectivity index (χ0v) is 26.3. The van der Waals surface area contributed by atoms with Gasteiger partial charge in [0.25, 0.3) is 0 Å². The van der Waals surface area contributed by atoms with Crippen molar-refractivity contribution in [3.63, 3.8) is 0 Å². The van der Waals surface area contributed by atoms with Crippen molar-refractivity contribution in [3.8, 4) is 0 Å². The lowest BCUT2D eigenvalue weighted by Gasteiger charge is -2.69. The van der Waals surface area contributed by atoms with E-state index in [9.17, 15) is 19.8 Å². The van der Waals surface area contributed by atoms with Gasteiger partial charge >= 0.3 is 11.9 Å². The summed E-state index contributed by atoms with van der Waals surface area (Å²) in [5.74, 6) is -2.96. The number of esters is 2. The molecular weight excluding hydrogens is 570 g/mol. The molecule has 0 amide bonds. The number of aliphatic hydroxyl groups excluding tert-OH is 1. The number of aliphatic hydroxyl groups is 2. The van der Waals surface area contributed by atoms with E-state index in [0.717, 1.165) is 19.4 Å². The Balaban J connectivity index is 1.51. The molecule has 1 aliphatic heterocycles. The number of piperidine rings is 1. The molecule has 5 saturated carbocycles. The van der Waals surface area contributed by atoms with E-state index in [2.05, 4.69) is 11.9 Å². The molecule has 44 heavy (non-hydrogen) atoms. The maximum atomic E-state index is 13.7. The third-order valence-electron chi connectivity index (χ3n) is 12.8. The first kappa shape index (κ1) is 30.5. The highest BCUT2D eigenvalue weighted by Crippen LogP contribution is 2.80. The summed E-state index contributed by atoms with van der Waals surface area (Å²) < 4.78 is 37.5. The molecule has 6 fully saturated rings. The van der Waals surface area contributed by atoms with E-state index < -0.39 is 64.8 Å². The Morgan fingerprint density at radius 3 is 2.36 bits per heavy atom. The second-order valence-electron chi connectivity index (χ2n) is 14.2. The molecule has 1 heterocycles. The summed E-state index contributed by atoms with van der Waals surface area (Å²) in [6.45, 7) is 2.56. The Morgan fingerprint density at radius 2 is 1.75 bits per heavy atom. The van der Waals surface area contributed by atoms with Crippen LogP contribution in [0.1, 0.15) is 36.5 Å². The van der Waals surface area contributed by atoms with Crippen molar-refractivity contribution in [1.29, 1.82) is 0 Å². The van der Waals surface area contributed by atoms with Crippen molar-refractivity contribution in [2.75, 3.05) is 48.6 Å². The number of ether oxygens (including phenoxy) is 6. The molecule has 0 radical (unpaired) electrons. The van der Waals surface area contributed by atoms with Crippen LogP contribution >= 0.6 is 0 Å². The highest BCUT2D eigenvalue weighted by atomic mass is 16.6. The van der Waals surface area contributed by atoms with Crippen LogP contribution in [0.15, 0.2) is 30.3 Å². The zero-order valence-electron chi connectivity index (χ0n) is 26.3. The third-order valence-corrected chi connectivity index (χ3v) is 12.8. The van der Waals surface area contributed by atoms with Gasteiger partial charge in [-0.05, 0) is 44.4 Å². The summed E-state index contributed by atoms with van der Waals surface area (Å²) in [6, 6.07) is 8.39. The summed E-state index contributed by atoms with van der Waals surface area (Å²) in [5, 5.41) is 25.1.